The fourth-order valence-electron chi connectivity index (χ4n) is 1.58. The van der Waals surface area contributed by atoms with Gasteiger partial charge in [-0.05, 0) is 37.5 Å². The van der Waals surface area contributed by atoms with Crippen molar-refractivity contribution in [2.75, 3.05) is 38.8 Å². The van der Waals surface area contributed by atoms with Crippen LogP contribution in [0.5, 0.6) is 0 Å². The van der Waals surface area contributed by atoms with Crippen molar-refractivity contribution < 1.29 is 9.47 Å². The van der Waals surface area contributed by atoms with Gasteiger partial charge in [0.1, 0.15) is 0 Å². The molecule has 96 valence electrons. The maximum Gasteiger partial charge on any atom is 0.0700 e. The van der Waals surface area contributed by atoms with E-state index >= 15 is 0 Å². The smallest absolute Gasteiger partial charge is 0.0700 e. The Hall–Kier alpha value is -1.06. The van der Waals surface area contributed by atoms with Crippen LogP contribution in [0.15, 0.2) is 18.2 Å². The first-order valence-corrected chi connectivity index (χ1v) is 6.12. The van der Waals surface area contributed by atoms with E-state index in [9.17, 15) is 0 Å². The lowest BCUT2D eigenvalue weighted by Gasteiger charge is -2.11. The summed E-state index contributed by atoms with van der Waals surface area (Å²) in [4.78, 5) is 0. The third-order valence-electron chi connectivity index (χ3n) is 2.82. The molecule has 1 aromatic carbocycles. The Balaban J connectivity index is 2.16. The summed E-state index contributed by atoms with van der Waals surface area (Å²) in [5, 5.41) is 3.43. The van der Waals surface area contributed by atoms with Crippen molar-refractivity contribution in [2.45, 2.75) is 20.3 Å². The number of hydrogen-bond donors (Lipinski definition) is 1. The van der Waals surface area contributed by atoms with Crippen LogP contribution in [0.2, 0.25) is 0 Å². The van der Waals surface area contributed by atoms with Crippen molar-refractivity contribution in [1.82, 2.24) is 0 Å². The molecule has 1 aromatic rings. The van der Waals surface area contributed by atoms with Gasteiger partial charge in [-0.25, -0.2) is 0 Å². The highest BCUT2D eigenvalue weighted by atomic mass is 16.5. The van der Waals surface area contributed by atoms with Gasteiger partial charge in [-0.3, -0.25) is 0 Å². The normalized spacial score (nSPS) is 10.5. The molecule has 0 heterocycles. The fourth-order valence-corrected chi connectivity index (χ4v) is 1.58. The summed E-state index contributed by atoms with van der Waals surface area (Å²) in [5.41, 5.74) is 3.88. The van der Waals surface area contributed by atoms with Crippen LogP contribution in [0.4, 0.5) is 5.69 Å². The summed E-state index contributed by atoms with van der Waals surface area (Å²) in [6, 6.07) is 6.34. The highest BCUT2D eigenvalue weighted by molar-refractivity contribution is 5.53. The van der Waals surface area contributed by atoms with Crippen molar-refractivity contribution in [3.63, 3.8) is 0 Å². The van der Waals surface area contributed by atoms with Gasteiger partial charge >= 0.3 is 0 Å². The first-order chi connectivity index (χ1) is 8.25. The number of hydrogen-bond acceptors (Lipinski definition) is 3. The Morgan fingerprint density at radius 1 is 1.12 bits per heavy atom. The number of methoxy groups -OCH3 is 1. The van der Waals surface area contributed by atoms with Crippen LogP contribution in [-0.4, -0.2) is 33.5 Å². The molecule has 0 unspecified atom stereocenters. The number of aryl methyl sites for hydroxylation is 1. The maximum atomic E-state index is 5.40. The minimum atomic E-state index is 0.671. The molecule has 3 heteroatoms. The van der Waals surface area contributed by atoms with Crippen molar-refractivity contribution in [3.8, 4) is 0 Å². The summed E-state index contributed by atoms with van der Waals surface area (Å²) in [6.45, 7) is 7.35. The molecule has 0 aromatic heterocycles. The molecule has 0 saturated heterocycles. The Bertz CT molecular complexity index is 326. The molecule has 0 fully saturated rings. The van der Waals surface area contributed by atoms with Crippen LogP contribution in [-0.2, 0) is 9.47 Å². The summed E-state index contributed by atoms with van der Waals surface area (Å²) >= 11 is 0. The molecule has 3 nitrogen and oxygen atoms in total. The highest BCUT2D eigenvalue weighted by Crippen LogP contribution is 2.17. The Kier molecular flexibility index (Phi) is 6.67. The second-order valence-corrected chi connectivity index (χ2v) is 4.13. The van der Waals surface area contributed by atoms with E-state index < -0.39 is 0 Å². The molecule has 0 radical (unpaired) electrons. The lowest BCUT2D eigenvalue weighted by Crippen LogP contribution is -2.09. The molecule has 0 spiro atoms. The van der Waals surface area contributed by atoms with E-state index in [0.29, 0.717) is 13.2 Å². The quantitative estimate of drug-likeness (QED) is 0.705. The van der Waals surface area contributed by atoms with E-state index in [-0.39, 0.29) is 0 Å². The van der Waals surface area contributed by atoms with Crippen molar-refractivity contribution in [1.29, 1.82) is 0 Å². The van der Waals surface area contributed by atoms with Gasteiger partial charge in [-0.2, -0.15) is 0 Å². The van der Waals surface area contributed by atoms with E-state index in [1.54, 1.807) is 7.11 Å². The summed E-state index contributed by atoms with van der Waals surface area (Å²) < 4.78 is 10.3. The highest BCUT2D eigenvalue weighted by Gasteiger charge is 1.99. The zero-order valence-corrected chi connectivity index (χ0v) is 11.1. The Morgan fingerprint density at radius 3 is 2.71 bits per heavy atom. The lowest BCUT2D eigenvalue weighted by molar-refractivity contribution is 0.0705. The minimum absolute atomic E-state index is 0.671. The van der Waals surface area contributed by atoms with E-state index in [4.69, 9.17) is 9.47 Å². The molecule has 17 heavy (non-hydrogen) atoms. The van der Waals surface area contributed by atoms with Gasteiger partial charge in [-0.1, -0.05) is 12.1 Å². The van der Waals surface area contributed by atoms with Crippen molar-refractivity contribution in [3.05, 3.63) is 29.3 Å². The molecule has 0 aliphatic rings. The minimum Gasteiger partial charge on any atom is -0.385 e. The average Bonchev–Trinajstić information content (AvgIpc) is 2.33. The van der Waals surface area contributed by atoms with Gasteiger partial charge in [0.2, 0.25) is 0 Å². The SMILES string of the molecule is COCCOCCCNc1cccc(C)c1C. The molecule has 1 N–H and O–H groups in total. The summed E-state index contributed by atoms with van der Waals surface area (Å²) in [6.07, 6.45) is 1.01. The van der Waals surface area contributed by atoms with Crippen LogP contribution in [0.1, 0.15) is 17.5 Å². The van der Waals surface area contributed by atoms with Gasteiger partial charge < -0.3 is 14.8 Å². The molecule has 0 amide bonds. The monoisotopic (exact) mass is 237 g/mol. The summed E-state index contributed by atoms with van der Waals surface area (Å²) in [7, 11) is 1.69. The first kappa shape index (κ1) is 14.0. The van der Waals surface area contributed by atoms with Crippen molar-refractivity contribution in [2.24, 2.45) is 0 Å². The first-order valence-electron chi connectivity index (χ1n) is 6.12. The standard InChI is InChI=1S/C14H23NO2/c1-12-6-4-7-14(13(12)2)15-8-5-9-17-11-10-16-3/h4,6-7,15H,5,8-11H2,1-3H3. The topological polar surface area (TPSA) is 30.5 Å². The number of benzene rings is 1. The van der Waals surface area contributed by atoms with Crippen LogP contribution in [0.25, 0.3) is 0 Å². The third-order valence-corrected chi connectivity index (χ3v) is 2.82. The van der Waals surface area contributed by atoms with Gasteiger partial charge in [0, 0.05) is 25.9 Å². The fraction of sp³-hybridized carbons (Fsp3) is 0.571. The van der Waals surface area contributed by atoms with E-state index in [2.05, 4.69) is 37.4 Å². The maximum absolute atomic E-state index is 5.40. The number of anilines is 1. The largest absolute Gasteiger partial charge is 0.385 e. The third kappa shape index (κ3) is 5.20. The average molecular weight is 237 g/mol. The number of ether oxygens (including phenoxy) is 2. The van der Waals surface area contributed by atoms with E-state index in [1.807, 2.05) is 0 Å². The molecule has 0 saturated carbocycles. The van der Waals surface area contributed by atoms with Gasteiger partial charge in [-0.15, -0.1) is 0 Å². The Labute approximate surface area is 104 Å². The number of rotatable bonds is 8. The molecule has 0 atom stereocenters. The van der Waals surface area contributed by atoms with Crippen LogP contribution in [0.3, 0.4) is 0 Å². The predicted molar refractivity (Wildman–Crippen MR) is 71.7 cm³/mol. The van der Waals surface area contributed by atoms with Gasteiger partial charge in [0.05, 0.1) is 13.2 Å². The van der Waals surface area contributed by atoms with Crippen LogP contribution in [0, 0.1) is 13.8 Å². The zero-order valence-electron chi connectivity index (χ0n) is 11.1. The predicted octanol–water partition coefficient (Wildman–Crippen LogP) is 2.77. The second kappa shape index (κ2) is 8.09. The van der Waals surface area contributed by atoms with Gasteiger partial charge in [0.25, 0.3) is 0 Å². The Morgan fingerprint density at radius 2 is 1.94 bits per heavy atom. The van der Waals surface area contributed by atoms with Gasteiger partial charge in [0.15, 0.2) is 0 Å². The molecular weight excluding hydrogens is 214 g/mol. The lowest BCUT2D eigenvalue weighted by atomic mass is 10.1. The number of nitrogens with one attached hydrogen (secondary N) is 1. The molecular formula is C14H23NO2. The molecule has 1 rings (SSSR count). The van der Waals surface area contributed by atoms with E-state index in [1.165, 1.54) is 16.8 Å². The molecule has 0 bridgehead atoms. The molecule has 0 aliphatic heterocycles. The molecule has 0 aliphatic carbocycles. The van der Waals surface area contributed by atoms with E-state index in [0.717, 1.165) is 19.6 Å². The van der Waals surface area contributed by atoms with Crippen LogP contribution < -0.4 is 5.32 Å². The summed E-state index contributed by atoms with van der Waals surface area (Å²) in [5.74, 6) is 0. The van der Waals surface area contributed by atoms with Crippen molar-refractivity contribution >= 4 is 5.69 Å². The van der Waals surface area contributed by atoms with Crippen LogP contribution >= 0.6 is 0 Å². The zero-order chi connectivity index (χ0) is 12.5. The second-order valence-electron chi connectivity index (χ2n) is 4.13.